The van der Waals surface area contributed by atoms with Crippen molar-refractivity contribution >= 4 is 11.4 Å². The number of benzene rings is 1. The number of hydrogen-bond acceptors (Lipinski definition) is 10. The zero-order valence-corrected chi connectivity index (χ0v) is 23.2. The molecule has 13 heteroatoms. The second-order valence-electron chi connectivity index (χ2n) is 11.3. The van der Waals surface area contributed by atoms with E-state index in [1.54, 1.807) is 12.1 Å². The summed E-state index contributed by atoms with van der Waals surface area (Å²) in [5.74, 6) is -0.931. The van der Waals surface area contributed by atoms with Crippen LogP contribution >= 0.6 is 0 Å². The Kier molecular flexibility index (Phi) is 9.89. The second-order valence-corrected chi connectivity index (χ2v) is 11.3. The van der Waals surface area contributed by atoms with Crippen molar-refractivity contribution in [3.63, 3.8) is 0 Å². The van der Waals surface area contributed by atoms with Gasteiger partial charge in [-0.1, -0.05) is 11.2 Å². The van der Waals surface area contributed by atoms with Crippen molar-refractivity contribution in [1.82, 2.24) is 0 Å². The van der Waals surface area contributed by atoms with E-state index >= 15 is 0 Å². The maximum Gasteiger partial charge on any atom is 0.292 e. The molecule has 13 nitrogen and oxygen atoms in total. The van der Waals surface area contributed by atoms with Crippen LogP contribution in [-0.4, -0.2) is 77.4 Å². The van der Waals surface area contributed by atoms with Crippen molar-refractivity contribution in [3.8, 4) is 0 Å². The molecule has 2 aliphatic heterocycles. The molecule has 0 unspecified atom stereocenters. The van der Waals surface area contributed by atoms with Gasteiger partial charge in [-0.3, -0.25) is 10.1 Å². The summed E-state index contributed by atoms with van der Waals surface area (Å²) < 4.78 is 22.5. The first kappa shape index (κ1) is 30.4. The summed E-state index contributed by atoms with van der Waals surface area (Å²) in [4.78, 5) is 13.4. The largest absolute Gasteiger partial charge is 0.390 e. The summed E-state index contributed by atoms with van der Waals surface area (Å²) in [5.41, 5.74) is 8.21. The molecule has 2 saturated carbocycles. The maximum absolute atomic E-state index is 11.1. The van der Waals surface area contributed by atoms with E-state index in [2.05, 4.69) is 15.3 Å². The van der Waals surface area contributed by atoms with Gasteiger partial charge in [0.1, 0.15) is 5.69 Å². The zero-order valence-electron chi connectivity index (χ0n) is 23.2. The Balaban J connectivity index is 0.000000201. The molecule has 3 N–H and O–H groups in total. The predicted molar refractivity (Wildman–Crippen MR) is 146 cm³/mol. The van der Waals surface area contributed by atoms with Gasteiger partial charge in [0, 0.05) is 49.8 Å². The lowest BCUT2D eigenvalue weighted by atomic mass is 9.79. The number of nitrogens with zero attached hydrogens (tertiary/aromatic N) is 4. The molecule has 0 atom stereocenters. The molecule has 1 aromatic rings. The van der Waals surface area contributed by atoms with E-state index in [1.165, 1.54) is 6.07 Å². The number of nitro benzene ring substituents is 1. The van der Waals surface area contributed by atoms with Crippen LogP contribution < -0.4 is 5.32 Å². The third-order valence-electron chi connectivity index (χ3n) is 8.51. The van der Waals surface area contributed by atoms with E-state index in [0.717, 1.165) is 18.4 Å². The van der Waals surface area contributed by atoms with Crippen molar-refractivity contribution in [2.24, 2.45) is 5.11 Å². The average Bonchev–Trinajstić information content (AvgIpc) is 3.59. The van der Waals surface area contributed by atoms with Crippen LogP contribution in [0.5, 0.6) is 0 Å². The number of nitrogens with one attached hydrogen (secondary N) is 1. The average molecular weight is 564 g/mol. The number of rotatable bonds is 8. The van der Waals surface area contributed by atoms with Crippen LogP contribution in [0.1, 0.15) is 69.8 Å². The van der Waals surface area contributed by atoms with Crippen molar-refractivity contribution in [3.05, 3.63) is 44.3 Å². The fourth-order valence-corrected chi connectivity index (χ4v) is 5.95. The molecule has 2 spiro atoms. The van der Waals surface area contributed by atoms with E-state index in [1.807, 2.05) is 6.92 Å². The molecular formula is C27H41N5O8. The fraction of sp³-hybridized carbons (Fsp3) is 0.778. The van der Waals surface area contributed by atoms with Gasteiger partial charge in [0.25, 0.3) is 5.69 Å². The van der Waals surface area contributed by atoms with Gasteiger partial charge in [-0.2, -0.15) is 0 Å². The van der Waals surface area contributed by atoms with Gasteiger partial charge in [-0.25, -0.2) is 0 Å². The van der Waals surface area contributed by atoms with Crippen molar-refractivity contribution in [1.29, 1.82) is 0 Å². The van der Waals surface area contributed by atoms with Gasteiger partial charge in [0.15, 0.2) is 11.6 Å². The number of ether oxygens (including phenoxy) is 4. The summed E-state index contributed by atoms with van der Waals surface area (Å²) >= 11 is 0. The van der Waals surface area contributed by atoms with Gasteiger partial charge >= 0.3 is 0 Å². The topological polar surface area (TPSA) is 181 Å². The van der Waals surface area contributed by atoms with Gasteiger partial charge in [0.05, 0.1) is 42.6 Å². The molecule has 2 heterocycles. The highest BCUT2D eigenvalue weighted by molar-refractivity contribution is 5.62. The lowest BCUT2D eigenvalue weighted by Gasteiger charge is -2.40. The number of aliphatic hydroxyl groups is 2. The minimum absolute atomic E-state index is 0.0583. The lowest BCUT2D eigenvalue weighted by molar-refractivity contribution is -0.384. The van der Waals surface area contributed by atoms with Gasteiger partial charge < -0.3 is 34.5 Å². The van der Waals surface area contributed by atoms with E-state index in [0.29, 0.717) is 96.6 Å². The van der Waals surface area contributed by atoms with Crippen LogP contribution in [0.15, 0.2) is 23.3 Å². The second kappa shape index (κ2) is 13.0. The smallest absolute Gasteiger partial charge is 0.292 e. The minimum atomic E-state index is -0.772. The molecule has 0 aromatic heterocycles. The number of aryl methyl sites for hydroxylation is 1. The third-order valence-corrected chi connectivity index (χ3v) is 8.51. The molecule has 4 fully saturated rings. The molecule has 5 rings (SSSR count). The highest BCUT2D eigenvalue weighted by Gasteiger charge is 2.46. The van der Waals surface area contributed by atoms with E-state index in [4.69, 9.17) is 24.5 Å². The first-order chi connectivity index (χ1) is 19.1. The minimum Gasteiger partial charge on any atom is -0.390 e. The van der Waals surface area contributed by atoms with Gasteiger partial charge in [-0.15, -0.1) is 0 Å². The summed E-state index contributed by atoms with van der Waals surface area (Å²) in [7, 11) is 0. The predicted octanol–water partition coefficient (Wildman–Crippen LogP) is 4.49. The Morgan fingerprint density at radius 2 is 1.43 bits per heavy atom. The highest BCUT2D eigenvalue weighted by Crippen LogP contribution is 2.42. The van der Waals surface area contributed by atoms with E-state index in [-0.39, 0.29) is 5.69 Å². The molecule has 1 aromatic carbocycles. The first-order valence-electron chi connectivity index (χ1n) is 14.1. The van der Waals surface area contributed by atoms with Crippen LogP contribution in [0, 0.1) is 17.0 Å². The molecule has 2 aliphatic carbocycles. The summed E-state index contributed by atoms with van der Waals surface area (Å²) in [6, 6.07) is 4.99. The Bertz CT molecular complexity index is 1050. The molecule has 0 radical (unpaired) electrons. The third kappa shape index (κ3) is 7.82. The van der Waals surface area contributed by atoms with E-state index < -0.39 is 27.7 Å². The van der Waals surface area contributed by atoms with Crippen molar-refractivity contribution in [2.45, 2.75) is 93.9 Å². The summed E-state index contributed by atoms with van der Waals surface area (Å²) in [6.07, 6.45) is 6.40. The molecule has 40 heavy (non-hydrogen) atoms. The Hall–Kier alpha value is -2.51. The van der Waals surface area contributed by atoms with E-state index in [9.17, 15) is 20.3 Å². The number of hydrogen-bond donors (Lipinski definition) is 3. The number of nitro groups is 1. The summed E-state index contributed by atoms with van der Waals surface area (Å²) in [5, 5.41) is 38.6. The number of azide groups is 1. The highest BCUT2D eigenvalue weighted by atomic mass is 16.7. The molecule has 4 aliphatic rings. The molecule has 2 saturated heterocycles. The summed E-state index contributed by atoms with van der Waals surface area (Å²) in [6.45, 7) is 5.27. The Morgan fingerprint density at radius 3 is 1.90 bits per heavy atom. The van der Waals surface area contributed by atoms with Crippen LogP contribution in [-0.2, 0) is 18.9 Å². The molecular weight excluding hydrogens is 522 g/mol. The molecule has 0 bridgehead atoms. The lowest BCUT2D eigenvalue weighted by Crippen LogP contribution is -2.44. The van der Waals surface area contributed by atoms with Gasteiger partial charge in [0.2, 0.25) is 0 Å². The monoisotopic (exact) mass is 563 g/mol. The fourth-order valence-electron chi connectivity index (χ4n) is 5.95. The standard InChI is InChI=1S/C17H24N2O5.C10H17N3O3/c1-13-2-3-15(19(21)22)14(12-13)18-9-8-16(20)4-6-17(7-5-16)23-10-11-24-17;11-13-12-6-5-9(14)1-3-10(4-2-9)15-7-8-16-10/h2-3,12,18,20H,4-11H2,1H3;14H,1-8H2. The Labute approximate surface area is 233 Å². The van der Waals surface area contributed by atoms with Crippen molar-refractivity contribution in [2.75, 3.05) is 44.8 Å². The SMILES string of the molecule is Cc1ccc([N+](=O)[O-])c(NCCC2(O)CCC3(CC2)OCCO3)c1.[N-]=[N+]=NCCC1(O)CCC2(CC1)OCCO2. The number of anilines is 1. The van der Waals surface area contributed by atoms with Crippen molar-refractivity contribution < 1.29 is 34.1 Å². The first-order valence-corrected chi connectivity index (χ1v) is 14.1. The van der Waals surface area contributed by atoms with Crippen LogP contribution in [0.2, 0.25) is 0 Å². The Morgan fingerprint density at radius 1 is 0.925 bits per heavy atom. The zero-order chi connectivity index (χ0) is 28.7. The van der Waals surface area contributed by atoms with Crippen LogP contribution in [0.25, 0.3) is 10.4 Å². The molecule has 0 amide bonds. The quantitative estimate of drug-likeness (QED) is 0.135. The van der Waals surface area contributed by atoms with Crippen LogP contribution in [0.3, 0.4) is 0 Å². The maximum atomic E-state index is 11.1. The van der Waals surface area contributed by atoms with Crippen LogP contribution in [0.4, 0.5) is 11.4 Å². The van der Waals surface area contributed by atoms with Gasteiger partial charge in [-0.05, 0) is 62.6 Å². The molecule has 222 valence electrons. The normalized spacial score (nSPS) is 26.1.